The van der Waals surface area contributed by atoms with Crippen LogP contribution in [0.4, 0.5) is 5.95 Å². The molecule has 5 nitrogen and oxygen atoms in total. The molecule has 0 spiro atoms. The molecule has 0 atom stereocenters. The fourth-order valence-electron chi connectivity index (χ4n) is 2.04. The lowest BCUT2D eigenvalue weighted by Gasteiger charge is -2.04. The van der Waals surface area contributed by atoms with E-state index >= 15 is 0 Å². The molecule has 0 bridgehead atoms. The van der Waals surface area contributed by atoms with Crippen molar-refractivity contribution in [1.82, 2.24) is 20.2 Å². The van der Waals surface area contributed by atoms with Crippen molar-refractivity contribution in [3.63, 3.8) is 0 Å². The van der Waals surface area contributed by atoms with Crippen LogP contribution in [0.15, 0.2) is 0 Å². The van der Waals surface area contributed by atoms with Crippen molar-refractivity contribution < 1.29 is 0 Å². The summed E-state index contributed by atoms with van der Waals surface area (Å²) in [6.45, 7) is 9.03. The summed E-state index contributed by atoms with van der Waals surface area (Å²) in [6, 6.07) is 0.444. The molecule has 1 aliphatic rings. The molecule has 0 aliphatic heterocycles. The Kier molecular flexibility index (Phi) is 1.66. The molecule has 5 heteroatoms. The van der Waals surface area contributed by atoms with Crippen LogP contribution in [0.2, 0.25) is 0 Å². The summed E-state index contributed by atoms with van der Waals surface area (Å²) in [4.78, 5) is 0. The Bertz CT molecular complexity index is 338. The Morgan fingerprint density at radius 2 is 1.79 bits per heavy atom. The molecule has 1 fully saturated rings. The highest BCUT2D eigenvalue weighted by Gasteiger charge is 2.65. The zero-order valence-electron chi connectivity index (χ0n) is 9.37. The van der Waals surface area contributed by atoms with E-state index in [0.717, 1.165) is 5.95 Å². The van der Waals surface area contributed by atoms with Gasteiger partial charge < -0.3 is 5.32 Å². The molecule has 0 aromatic carbocycles. The second kappa shape index (κ2) is 2.46. The summed E-state index contributed by atoms with van der Waals surface area (Å²) < 4.78 is 1.66. The molecule has 0 saturated heterocycles. The molecule has 1 aliphatic carbocycles. The Balaban J connectivity index is 2.13. The normalized spacial score (nSPS) is 23.5. The summed E-state index contributed by atoms with van der Waals surface area (Å²) in [5.74, 6) is 0.744. The molecule has 0 unspecified atom stereocenters. The van der Waals surface area contributed by atoms with Crippen molar-refractivity contribution >= 4 is 5.95 Å². The third kappa shape index (κ3) is 1.04. The Morgan fingerprint density at radius 1 is 1.21 bits per heavy atom. The van der Waals surface area contributed by atoms with E-state index in [2.05, 4.69) is 48.5 Å². The van der Waals surface area contributed by atoms with Crippen molar-refractivity contribution in [3.05, 3.63) is 0 Å². The van der Waals surface area contributed by atoms with Gasteiger partial charge in [0.05, 0.1) is 0 Å². The first-order valence-electron chi connectivity index (χ1n) is 4.86. The van der Waals surface area contributed by atoms with Crippen LogP contribution in [0.1, 0.15) is 27.7 Å². The summed E-state index contributed by atoms with van der Waals surface area (Å²) in [5.41, 5.74) is 0.609. The molecule has 0 radical (unpaired) electrons. The molecule has 78 valence electrons. The van der Waals surface area contributed by atoms with Gasteiger partial charge >= 0.3 is 0 Å². The van der Waals surface area contributed by atoms with Gasteiger partial charge in [-0.1, -0.05) is 32.8 Å². The smallest absolute Gasteiger partial charge is 0.242 e. The fraction of sp³-hybridized carbons (Fsp3) is 0.889. The average Bonchev–Trinajstić information content (AvgIpc) is 2.46. The maximum Gasteiger partial charge on any atom is 0.242 e. The fourth-order valence-corrected chi connectivity index (χ4v) is 2.04. The van der Waals surface area contributed by atoms with E-state index in [1.807, 2.05) is 7.05 Å². The maximum absolute atomic E-state index is 3.92. The first-order valence-corrected chi connectivity index (χ1v) is 4.86. The van der Waals surface area contributed by atoms with E-state index in [0.29, 0.717) is 16.9 Å². The summed E-state index contributed by atoms with van der Waals surface area (Å²) in [6.07, 6.45) is 0. The van der Waals surface area contributed by atoms with Gasteiger partial charge in [-0.2, -0.15) is 0 Å². The number of tetrazole rings is 1. The summed E-state index contributed by atoms with van der Waals surface area (Å²) in [5, 5.41) is 14.7. The van der Waals surface area contributed by atoms with Gasteiger partial charge in [-0.25, -0.2) is 4.68 Å². The average molecular weight is 195 g/mol. The second-order valence-electron chi connectivity index (χ2n) is 5.15. The number of rotatable bonds is 2. The zero-order chi connectivity index (χ0) is 10.6. The van der Waals surface area contributed by atoms with Gasteiger partial charge in [0.1, 0.15) is 0 Å². The molecule has 1 aromatic heterocycles. The quantitative estimate of drug-likeness (QED) is 0.766. The van der Waals surface area contributed by atoms with Crippen LogP contribution in [-0.4, -0.2) is 26.2 Å². The molecule has 1 N–H and O–H groups in total. The van der Waals surface area contributed by atoms with E-state index in [9.17, 15) is 0 Å². The van der Waals surface area contributed by atoms with Gasteiger partial charge in [-0.15, -0.1) is 0 Å². The lowest BCUT2D eigenvalue weighted by molar-refractivity contribution is 0.457. The third-order valence-corrected chi connectivity index (χ3v) is 3.91. The van der Waals surface area contributed by atoms with Gasteiger partial charge in [-0.3, -0.25) is 0 Å². The lowest BCUT2D eigenvalue weighted by Crippen LogP contribution is -2.13. The molecule has 0 amide bonds. The second-order valence-corrected chi connectivity index (χ2v) is 5.15. The van der Waals surface area contributed by atoms with Crippen LogP contribution in [0.25, 0.3) is 0 Å². The molecular weight excluding hydrogens is 178 g/mol. The van der Waals surface area contributed by atoms with Crippen molar-refractivity contribution in [3.8, 4) is 0 Å². The third-order valence-electron chi connectivity index (χ3n) is 3.91. The number of nitrogens with one attached hydrogen (secondary N) is 1. The Hall–Kier alpha value is -1.13. The van der Waals surface area contributed by atoms with E-state index in [-0.39, 0.29) is 0 Å². The minimum Gasteiger partial charge on any atom is -0.349 e. The van der Waals surface area contributed by atoms with Gasteiger partial charge in [-0.05, 0) is 21.3 Å². The lowest BCUT2D eigenvalue weighted by atomic mass is 10.0. The monoisotopic (exact) mass is 195 g/mol. The summed E-state index contributed by atoms with van der Waals surface area (Å²) in [7, 11) is 1.84. The number of anilines is 1. The van der Waals surface area contributed by atoms with Gasteiger partial charge in [0.2, 0.25) is 5.95 Å². The standard InChI is InChI=1S/C9H17N5/c1-8(2)6(9(8,3)4)10-7-11-12-13-14(7)5/h6H,1-5H3,(H,10,11,13). The highest BCUT2D eigenvalue weighted by molar-refractivity contribution is 5.35. The number of aromatic nitrogens is 4. The van der Waals surface area contributed by atoms with E-state index in [1.165, 1.54) is 0 Å². The van der Waals surface area contributed by atoms with E-state index in [4.69, 9.17) is 0 Å². The van der Waals surface area contributed by atoms with Crippen LogP contribution in [0.3, 0.4) is 0 Å². The van der Waals surface area contributed by atoms with E-state index in [1.54, 1.807) is 4.68 Å². The molecule has 1 aromatic rings. The molecule has 1 heterocycles. The topological polar surface area (TPSA) is 55.6 Å². The SMILES string of the molecule is Cn1nnnc1NC1C(C)(C)C1(C)C. The Morgan fingerprint density at radius 3 is 2.14 bits per heavy atom. The first kappa shape index (κ1) is 9.43. The molecular formula is C9H17N5. The van der Waals surface area contributed by atoms with Crippen molar-refractivity contribution in [2.45, 2.75) is 33.7 Å². The minimum atomic E-state index is 0.305. The molecule has 2 rings (SSSR count). The number of hydrogen-bond acceptors (Lipinski definition) is 4. The molecule has 14 heavy (non-hydrogen) atoms. The summed E-state index contributed by atoms with van der Waals surface area (Å²) >= 11 is 0. The predicted octanol–water partition coefficient (Wildman–Crippen LogP) is 1.06. The molecule has 1 saturated carbocycles. The zero-order valence-corrected chi connectivity index (χ0v) is 9.37. The number of aryl methyl sites for hydroxylation is 1. The van der Waals surface area contributed by atoms with Gasteiger partial charge in [0.25, 0.3) is 0 Å². The van der Waals surface area contributed by atoms with E-state index < -0.39 is 0 Å². The maximum atomic E-state index is 3.92. The van der Waals surface area contributed by atoms with Crippen LogP contribution in [0.5, 0.6) is 0 Å². The van der Waals surface area contributed by atoms with Crippen LogP contribution in [-0.2, 0) is 7.05 Å². The van der Waals surface area contributed by atoms with Crippen LogP contribution >= 0.6 is 0 Å². The van der Waals surface area contributed by atoms with Gasteiger partial charge in [0.15, 0.2) is 0 Å². The Labute approximate surface area is 83.9 Å². The predicted molar refractivity (Wildman–Crippen MR) is 53.8 cm³/mol. The van der Waals surface area contributed by atoms with Crippen LogP contribution < -0.4 is 5.32 Å². The first-order chi connectivity index (χ1) is 6.37. The van der Waals surface area contributed by atoms with Crippen molar-refractivity contribution in [2.24, 2.45) is 17.9 Å². The van der Waals surface area contributed by atoms with Gasteiger partial charge in [0, 0.05) is 13.1 Å². The highest BCUT2D eigenvalue weighted by Crippen LogP contribution is 2.63. The van der Waals surface area contributed by atoms with Crippen LogP contribution in [0, 0.1) is 10.8 Å². The van der Waals surface area contributed by atoms with Crippen molar-refractivity contribution in [1.29, 1.82) is 0 Å². The minimum absolute atomic E-state index is 0.305. The highest BCUT2D eigenvalue weighted by atomic mass is 15.6. The largest absolute Gasteiger partial charge is 0.349 e. The number of nitrogens with zero attached hydrogens (tertiary/aromatic N) is 4. The van der Waals surface area contributed by atoms with Crippen molar-refractivity contribution in [2.75, 3.05) is 5.32 Å². The number of hydrogen-bond donors (Lipinski definition) is 1.